The van der Waals surface area contributed by atoms with Crippen LogP contribution in [0.1, 0.15) is 43.0 Å². The van der Waals surface area contributed by atoms with Gasteiger partial charge in [0.1, 0.15) is 11.6 Å². The van der Waals surface area contributed by atoms with Crippen LogP contribution in [-0.4, -0.2) is 21.4 Å². The minimum Gasteiger partial charge on any atom is -0.387 e. The minimum absolute atomic E-state index is 0.0869. The van der Waals surface area contributed by atoms with Crippen LogP contribution in [0.5, 0.6) is 0 Å². The number of fused-ring (bicyclic) bond motifs is 1. The van der Waals surface area contributed by atoms with Gasteiger partial charge in [0.25, 0.3) is 0 Å². The number of aliphatic hydroxyl groups is 1. The molecule has 2 aromatic carbocycles. The number of aromatic nitrogens is 1. The fraction of sp³-hybridized carbons (Fsp3) is 0.304. The Morgan fingerprint density at radius 1 is 1.32 bits per heavy atom. The van der Waals surface area contributed by atoms with E-state index in [2.05, 4.69) is 21.2 Å². The molecule has 1 amide bonds. The summed E-state index contributed by atoms with van der Waals surface area (Å²) in [6.45, 7) is 1.62. The minimum atomic E-state index is -0.845. The van der Waals surface area contributed by atoms with Crippen molar-refractivity contribution in [3.63, 3.8) is 0 Å². The Balaban J connectivity index is 1.66. The van der Waals surface area contributed by atoms with E-state index in [1.807, 2.05) is 0 Å². The van der Waals surface area contributed by atoms with Gasteiger partial charge >= 0.3 is 0 Å². The number of halogens is 3. The van der Waals surface area contributed by atoms with E-state index in [-0.39, 0.29) is 18.1 Å². The van der Waals surface area contributed by atoms with Crippen LogP contribution in [-0.2, 0) is 16.6 Å². The fourth-order valence-electron chi connectivity index (χ4n) is 4.52. The van der Waals surface area contributed by atoms with Gasteiger partial charge in [-0.3, -0.25) is 9.59 Å². The van der Waals surface area contributed by atoms with E-state index in [1.54, 1.807) is 42.8 Å². The average molecular weight is 508 g/mol. The Labute approximate surface area is 192 Å². The van der Waals surface area contributed by atoms with Crippen LogP contribution in [0.25, 0.3) is 10.9 Å². The summed E-state index contributed by atoms with van der Waals surface area (Å²) in [7, 11) is 1.79. The quantitative estimate of drug-likeness (QED) is 0.491. The number of benzene rings is 2. The van der Waals surface area contributed by atoms with Gasteiger partial charge in [0.15, 0.2) is 0 Å². The van der Waals surface area contributed by atoms with Crippen LogP contribution in [0.2, 0.25) is 5.02 Å². The molecule has 2 N–H and O–H groups in total. The molecule has 1 aliphatic rings. The average Bonchev–Trinajstić information content (AvgIpc) is 3.22. The molecule has 5 nitrogen and oxygen atoms in total. The summed E-state index contributed by atoms with van der Waals surface area (Å²) in [5.41, 5.74) is 2.50. The van der Waals surface area contributed by atoms with Crippen molar-refractivity contribution >= 4 is 55.8 Å². The van der Waals surface area contributed by atoms with E-state index < -0.39 is 23.8 Å². The number of rotatable bonds is 4. The normalized spacial score (nSPS) is 19.7. The lowest BCUT2D eigenvalue weighted by atomic mass is 9.91. The maximum atomic E-state index is 14.0. The Morgan fingerprint density at radius 2 is 2.06 bits per heavy atom. The standard InChI is InChI=1S/C23H21BrClFN2O3/c1-11(29)22-21(15-9-13(26)3-6-19(15)28(22)2)16-7-12(8-20(16)30)23(31)27-14-4-5-18(25)17(24)10-14/h3-6,9-12,16,29H,7-8H2,1-2H3,(H,27,31). The van der Waals surface area contributed by atoms with E-state index in [1.165, 1.54) is 12.1 Å². The summed E-state index contributed by atoms with van der Waals surface area (Å²) in [5, 5.41) is 14.4. The van der Waals surface area contributed by atoms with Crippen LogP contribution in [0.15, 0.2) is 40.9 Å². The highest BCUT2D eigenvalue weighted by molar-refractivity contribution is 9.10. The molecule has 162 valence electrons. The van der Waals surface area contributed by atoms with Gasteiger partial charge in [-0.05, 0) is 71.2 Å². The molecule has 3 unspecified atom stereocenters. The van der Waals surface area contributed by atoms with Crippen molar-refractivity contribution < 1.29 is 19.1 Å². The molecule has 0 spiro atoms. The molecule has 31 heavy (non-hydrogen) atoms. The summed E-state index contributed by atoms with van der Waals surface area (Å²) in [4.78, 5) is 25.8. The second-order valence-electron chi connectivity index (χ2n) is 7.97. The lowest BCUT2D eigenvalue weighted by Crippen LogP contribution is -2.20. The highest BCUT2D eigenvalue weighted by Gasteiger charge is 2.40. The molecule has 3 aromatic rings. The monoisotopic (exact) mass is 506 g/mol. The highest BCUT2D eigenvalue weighted by atomic mass is 79.9. The van der Waals surface area contributed by atoms with Gasteiger partial charge < -0.3 is 15.0 Å². The molecule has 4 rings (SSSR count). The zero-order valence-corrected chi connectivity index (χ0v) is 19.3. The highest BCUT2D eigenvalue weighted by Crippen LogP contribution is 2.43. The third-order valence-corrected chi connectivity index (χ3v) is 7.12. The van der Waals surface area contributed by atoms with Crippen LogP contribution >= 0.6 is 27.5 Å². The summed E-state index contributed by atoms with van der Waals surface area (Å²) in [5.74, 6) is -1.85. The number of aryl methyl sites for hydroxylation is 1. The molecule has 1 aliphatic carbocycles. The number of nitrogens with one attached hydrogen (secondary N) is 1. The van der Waals surface area contributed by atoms with Crippen molar-refractivity contribution in [3.05, 3.63) is 63.0 Å². The third-order valence-electron chi connectivity index (χ3n) is 5.91. The van der Waals surface area contributed by atoms with Crippen LogP contribution < -0.4 is 5.32 Å². The first kappa shape index (κ1) is 22.0. The number of amides is 1. The first-order chi connectivity index (χ1) is 14.7. The topological polar surface area (TPSA) is 71.3 Å². The predicted octanol–water partition coefficient (Wildman–Crippen LogP) is 5.49. The van der Waals surface area contributed by atoms with Crippen molar-refractivity contribution in [2.75, 3.05) is 5.32 Å². The van der Waals surface area contributed by atoms with Crippen LogP contribution in [0.4, 0.5) is 10.1 Å². The third kappa shape index (κ3) is 4.02. The zero-order valence-electron chi connectivity index (χ0n) is 17.0. The number of ketones is 1. The molecular formula is C23H21BrClFN2O3. The van der Waals surface area contributed by atoms with Gasteiger partial charge in [0.05, 0.1) is 16.8 Å². The summed E-state index contributed by atoms with van der Waals surface area (Å²) in [6.07, 6.45) is -0.451. The van der Waals surface area contributed by atoms with Crippen molar-refractivity contribution in [2.24, 2.45) is 13.0 Å². The largest absolute Gasteiger partial charge is 0.387 e. The number of carbonyl (C=O) groups excluding carboxylic acids is 2. The SMILES string of the molecule is CC(O)c1c(C2CC(C(=O)Nc3ccc(Cl)c(Br)c3)CC2=O)c2cc(F)ccc2n1C. The molecular weight excluding hydrogens is 487 g/mol. The molecule has 0 bridgehead atoms. The lowest BCUT2D eigenvalue weighted by molar-refractivity contribution is -0.123. The van der Waals surface area contributed by atoms with Crippen LogP contribution in [0.3, 0.4) is 0 Å². The Kier molecular flexibility index (Phi) is 5.94. The number of nitrogens with zero attached hydrogens (tertiary/aromatic N) is 1. The Hall–Kier alpha value is -2.22. The van der Waals surface area contributed by atoms with E-state index in [0.717, 1.165) is 5.52 Å². The zero-order chi connectivity index (χ0) is 22.4. The van der Waals surface area contributed by atoms with Crippen molar-refractivity contribution in [1.82, 2.24) is 4.57 Å². The number of Topliss-reactive ketones (excluding diaryl/α,β-unsaturated/α-hetero) is 1. The maximum absolute atomic E-state index is 14.0. The lowest BCUT2D eigenvalue weighted by Gasteiger charge is -2.15. The van der Waals surface area contributed by atoms with Gasteiger partial charge in [-0.15, -0.1) is 0 Å². The number of carbonyl (C=O) groups is 2. The van der Waals surface area contributed by atoms with E-state index in [0.29, 0.717) is 38.2 Å². The van der Waals surface area contributed by atoms with Crippen molar-refractivity contribution in [1.29, 1.82) is 0 Å². The molecule has 0 radical (unpaired) electrons. The molecule has 8 heteroatoms. The van der Waals surface area contributed by atoms with Gasteiger partial charge in [-0.1, -0.05) is 11.6 Å². The first-order valence-corrected chi connectivity index (χ1v) is 11.1. The molecule has 1 aromatic heterocycles. The summed E-state index contributed by atoms with van der Waals surface area (Å²) in [6, 6.07) is 9.45. The van der Waals surface area contributed by atoms with E-state index >= 15 is 0 Å². The predicted molar refractivity (Wildman–Crippen MR) is 122 cm³/mol. The second-order valence-corrected chi connectivity index (χ2v) is 9.23. The number of anilines is 1. The van der Waals surface area contributed by atoms with Gasteiger partial charge in [0.2, 0.25) is 5.91 Å². The molecule has 1 heterocycles. The van der Waals surface area contributed by atoms with Crippen molar-refractivity contribution in [3.8, 4) is 0 Å². The number of hydrogen-bond acceptors (Lipinski definition) is 3. The summed E-state index contributed by atoms with van der Waals surface area (Å²) >= 11 is 9.33. The Morgan fingerprint density at radius 3 is 2.74 bits per heavy atom. The first-order valence-electron chi connectivity index (χ1n) is 9.91. The van der Waals surface area contributed by atoms with Crippen molar-refractivity contribution in [2.45, 2.75) is 31.8 Å². The molecule has 3 atom stereocenters. The Bertz CT molecular complexity index is 1210. The number of hydrogen-bond donors (Lipinski definition) is 2. The molecule has 1 saturated carbocycles. The maximum Gasteiger partial charge on any atom is 0.227 e. The van der Waals surface area contributed by atoms with Gasteiger partial charge in [-0.2, -0.15) is 0 Å². The summed E-state index contributed by atoms with van der Waals surface area (Å²) < 4.78 is 16.5. The van der Waals surface area contributed by atoms with Gasteiger partial charge in [0, 0.05) is 46.4 Å². The second kappa shape index (κ2) is 8.37. The van der Waals surface area contributed by atoms with Gasteiger partial charge in [-0.25, -0.2) is 4.39 Å². The molecule has 1 fully saturated rings. The van der Waals surface area contributed by atoms with E-state index in [4.69, 9.17) is 11.6 Å². The fourth-order valence-corrected chi connectivity index (χ4v) is 5.01. The van der Waals surface area contributed by atoms with Crippen LogP contribution in [0, 0.1) is 11.7 Å². The smallest absolute Gasteiger partial charge is 0.227 e. The number of aliphatic hydroxyl groups excluding tert-OH is 1. The molecule has 0 aliphatic heterocycles. The molecule has 0 saturated heterocycles. The van der Waals surface area contributed by atoms with E-state index in [9.17, 15) is 19.1 Å².